The number of nitrogens with zero attached hydrogens (tertiary/aromatic N) is 2. The van der Waals surface area contributed by atoms with Crippen molar-refractivity contribution in [2.45, 2.75) is 0 Å². The Morgan fingerprint density at radius 3 is 1.21 bits per heavy atom. The number of hydrogen-bond acceptors (Lipinski definition) is 6. The topological polar surface area (TPSA) is 120 Å². The number of hydrogen-bond donors (Lipinski definition) is 0. The maximum atomic E-state index is 11.9. The average molecular weight is 326 g/mol. The fourth-order valence-electron chi connectivity index (χ4n) is 1.84. The molecule has 0 aliphatic heterocycles. The second-order valence-corrected chi connectivity index (χ2v) is 4.67. The van der Waals surface area contributed by atoms with Gasteiger partial charge in [0.1, 0.15) is 0 Å². The maximum absolute atomic E-state index is 11.9. The first-order valence-corrected chi connectivity index (χ1v) is 6.64. The van der Waals surface area contributed by atoms with Crippen LogP contribution in [0.15, 0.2) is 60.7 Å². The number of carbonyl (C=O) groups excluding carboxylic acids is 2. The molecule has 0 bridgehead atoms. The van der Waals surface area contributed by atoms with E-state index >= 15 is 0 Å². The van der Waals surface area contributed by atoms with Crippen molar-refractivity contribution in [2.24, 2.45) is 0 Å². The molecule has 0 amide bonds. The van der Waals surface area contributed by atoms with E-state index in [9.17, 15) is 29.8 Å². The van der Waals surface area contributed by atoms with Crippen molar-refractivity contribution in [3.63, 3.8) is 0 Å². The van der Waals surface area contributed by atoms with Gasteiger partial charge in [0.25, 0.3) is 11.4 Å². The summed E-state index contributed by atoms with van der Waals surface area (Å²) in [6, 6.07) is 9.95. The normalized spacial score (nSPS) is 10.5. The molecule has 0 aliphatic carbocycles. The molecule has 8 nitrogen and oxygen atoms in total. The summed E-state index contributed by atoms with van der Waals surface area (Å²) < 4.78 is 0. The van der Waals surface area contributed by atoms with E-state index in [1.165, 1.54) is 48.5 Å². The first-order valence-electron chi connectivity index (χ1n) is 6.64. The van der Waals surface area contributed by atoms with Gasteiger partial charge in [0.2, 0.25) is 0 Å². The van der Waals surface area contributed by atoms with Crippen molar-refractivity contribution in [3.05, 3.63) is 92.0 Å². The highest BCUT2D eigenvalue weighted by molar-refractivity contribution is 6.12. The van der Waals surface area contributed by atoms with E-state index in [4.69, 9.17) is 0 Å². The van der Waals surface area contributed by atoms with Gasteiger partial charge in [-0.1, -0.05) is 0 Å². The number of carbonyl (C=O) groups is 2. The fourth-order valence-corrected chi connectivity index (χ4v) is 1.84. The summed E-state index contributed by atoms with van der Waals surface area (Å²) in [6.07, 6.45) is 2.09. The van der Waals surface area contributed by atoms with Crippen LogP contribution in [0.2, 0.25) is 0 Å². The molecular weight excluding hydrogens is 316 g/mol. The highest BCUT2D eigenvalue weighted by Gasteiger charge is 2.10. The Bertz CT molecular complexity index is 766. The Morgan fingerprint density at radius 2 is 0.958 bits per heavy atom. The third-order valence-electron chi connectivity index (χ3n) is 3.11. The Balaban J connectivity index is 2.08. The lowest BCUT2D eigenvalue weighted by molar-refractivity contribution is -0.385. The molecule has 2 aromatic carbocycles. The number of nitro benzene ring substituents is 2. The van der Waals surface area contributed by atoms with Crippen molar-refractivity contribution >= 4 is 22.9 Å². The first-order chi connectivity index (χ1) is 11.4. The predicted molar refractivity (Wildman–Crippen MR) is 84.0 cm³/mol. The fraction of sp³-hybridized carbons (Fsp3) is 0. The SMILES string of the molecule is O=C(/C=C\C(=O)c1ccc([N+](=O)[O-])cc1)c1ccc([N+](=O)[O-])cc1. The smallest absolute Gasteiger partial charge is 0.269 e. The highest BCUT2D eigenvalue weighted by atomic mass is 16.6. The summed E-state index contributed by atoms with van der Waals surface area (Å²) in [4.78, 5) is 43.7. The van der Waals surface area contributed by atoms with Crippen molar-refractivity contribution in [1.29, 1.82) is 0 Å². The zero-order chi connectivity index (χ0) is 17.7. The highest BCUT2D eigenvalue weighted by Crippen LogP contribution is 2.14. The quantitative estimate of drug-likeness (QED) is 0.348. The summed E-state index contributed by atoms with van der Waals surface area (Å²) in [5, 5.41) is 21.1. The second-order valence-electron chi connectivity index (χ2n) is 4.67. The number of allylic oxidation sites excluding steroid dienone is 2. The van der Waals surface area contributed by atoms with Gasteiger partial charge < -0.3 is 0 Å². The third-order valence-corrected chi connectivity index (χ3v) is 3.11. The van der Waals surface area contributed by atoms with Crippen LogP contribution in [0, 0.1) is 20.2 Å². The van der Waals surface area contributed by atoms with Gasteiger partial charge in [0, 0.05) is 35.4 Å². The predicted octanol–water partition coefficient (Wildman–Crippen LogP) is 3.12. The minimum Gasteiger partial charge on any atom is -0.289 e. The lowest BCUT2D eigenvalue weighted by Crippen LogP contribution is -1.99. The number of benzene rings is 2. The molecule has 24 heavy (non-hydrogen) atoms. The number of ketones is 2. The Labute approximate surface area is 135 Å². The van der Waals surface area contributed by atoms with E-state index in [1.54, 1.807) is 0 Å². The largest absolute Gasteiger partial charge is 0.289 e. The Hall–Kier alpha value is -3.68. The number of non-ortho nitro benzene ring substituents is 2. The Morgan fingerprint density at radius 1 is 0.667 bits per heavy atom. The molecule has 0 fully saturated rings. The molecule has 0 atom stereocenters. The van der Waals surface area contributed by atoms with Crippen molar-refractivity contribution in [3.8, 4) is 0 Å². The van der Waals surface area contributed by atoms with Crippen LogP contribution in [0.4, 0.5) is 11.4 Å². The van der Waals surface area contributed by atoms with E-state index in [0.29, 0.717) is 0 Å². The van der Waals surface area contributed by atoms with Crippen LogP contribution in [0.5, 0.6) is 0 Å². The van der Waals surface area contributed by atoms with Gasteiger partial charge >= 0.3 is 0 Å². The molecule has 2 aromatic rings. The molecule has 8 heteroatoms. The van der Waals surface area contributed by atoms with Gasteiger partial charge in [-0.15, -0.1) is 0 Å². The van der Waals surface area contributed by atoms with Crippen molar-refractivity contribution in [2.75, 3.05) is 0 Å². The monoisotopic (exact) mass is 326 g/mol. The first kappa shape index (κ1) is 16.7. The van der Waals surface area contributed by atoms with E-state index in [2.05, 4.69) is 0 Å². The average Bonchev–Trinajstić information content (AvgIpc) is 2.59. The molecule has 0 unspecified atom stereocenters. The number of nitro groups is 2. The van der Waals surface area contributed by atoms with Crippen LogP contribution in [0.3, 0.4) is 0 Å². The van der Waals surface area contributed by atoms with Gasteiger partial charge in [-0.3, -0.25) is 29.8 Å². The van der Waals surface area contributed by atoms with E-state index in [-0.39, 0.29) is 22.5 Å². The van der Waals surface area contributed by atoms with Gasteiger partial charge in [-0.25, -0.2) is 0 Å². The summed E-state index contributed by atoms with van der Waals surface area (Å²) in [5.41, 5.74) is 0.122. The van der Waals surface area contributed by atoms with Gasteiger partial charge in [0.05, 0.1) is 9.85 Å². The van der Waals surface area contributed by atoms with Gasteiger partial charge in [-0.05, 0) is 36.4 Å². The maximum Gasteiger partial charge on any atom is 0.269 e. The van der Waals surface area contributed by atoms with Crippen LogP contribution in [-0.2, 0) is 0 Å². The second kappa shape index (κ2) is 7.05. The Kier molecular flexibility index (Phi) is 4.90. The molecule has 0 radical (unpaired) electrons. The van der Waals surface area contributed by atoms with E-state index in [1.807, 2.05) is 0 Å². The van der Waals surface area contributed by atoms with Crippen LogP contribution in [-0.4, -0.2) is 21.4 Å². The van der Waals surface area contributed by atoms with Crippen LogP contribution >= 0.6 is 0 Å². The molecule has 0 heterocycles. The standard InChI is InChI=1S/C16H10N2O6/c19-15(11-1-5-13(6-2-11)17(21)22)9-10-16(20)12-3-7-14(8-4-12)18(23)24/h1-10H/b10-9-. The van der Waals surface area contributed by atoms with Gasteiger partial charge in [-0.2, -0.15) is 0 Å². The van der Waals surface area contributed by atoms with Crippen LogP contribution in [0.1, 0.15) is 20.7 Å². The zero-order valence-corrected chi connectivity index (χ0v) is 12.1. The van der Waals surface area contributed by atoms with Gasteiger partial charge in [0.15, 0.2) is 11.6 Å². The van der Waals surface area contributed by atoms with E-state index in [0.717, 1.165) is 12.2 Å². The summed E-state index contributed by atoms with van der Waals surface area (Å²) in [5.74, 6) is -0.972. The third kappa shape index (κ3) is 3.95. The molecular formula is C16H10N2O6. The minimum atomic E-state index is -0.581. The summed E-state index contributed by atoms with van der Waals surface area (Å²) in [7, 11) is 0. The summed E-state index contributed by atoms with van der Waals surface area (Å²) in [6.45, 7) is 0. The molecule has 0 N–H and O–H groups in total. The molecule has 0 spiro atoms. The van der Waals surface area contributed by atoms with Crippen LogP contribution in [0.25, 0.3) is 0 Å². The molecule has 0 aromatic heterocycles. The summed E-state index contributed by atoms with van der Waals surface area (Å²) >= 11 is 0. The van der Waals surface area contributed by atoms with Crippen molar-refractivity contribution in [1.82, 2.24) is 0 Å². The molecule has 0 saturated carbocycles. The van der Waals surface area contributed by atoms with Crippen LogP contribution < -0.4 is 0 Å². The minimum absolute atomic E-state index is 0.141. The zero-order valence-electron chi connectivity index (χ0n) is 12.1. The molecule has 120 valence electrons. The van der Waals surface area contributed by atoms with Crippen molar-refractivity contribution < 1.29 is 19.4 Å². The lowest BCUT2D eigenvalue weighted by Gasteiger charge is -1.97. The molecule has 0 saturated heterocycles. The van der Waals surface area contributed by atoms with E-state index < -0.39 is 21.4 Å². The molecule has 2 rings (SSSR count). The molecule has 0 aliphatic rings. The number of rotatable bonds is 6. The lowest BCUT2D eigenvalue weighted by atomic mass is 10.1.